The molecule has 1 aliphatic rings. The number of rotatable bonds is 13. The van der Waals surface area contributed by atoms with Crippen molar-refractivity contribution in [3.63, 3.8) is 0 Å². The molecule has 0 aliphatic heterocycles. The molecule has 0 saturated heterocycles. The number of aromatic amines is 1. The molecule has 1 aromatic carbocycles. The lowest BCUT2D eigenvalue weighted by Crippen LogP contribution is -2.51. The van der Waals surface area contributed by atoms with Gasteiger partial charge in [-0.15, -0.1) is 0 Å². The predicted octanol–water partition coefficient (Wildman–Crippen LogP) is 0.0847. The topological polar surface area (TPSA) is 221 Å². The number of nitrogens with zero attached hydrogens (tertiary/aromatic N) is 1. The van der Waals surface area contributed by atoms with Crippen LogP contribution in [0.3, 0.4) is 0 Å². The predicted molar refractivity (Wildman–Crippen MR) is 137 cm³/mol. The molecule has 2 aromatic rings. The minimum Gasteiger partial charge on any atom is -0.507 e. The van der Waals surface area contributed by atoms with Crippen LogP contribution in [0.1, 0.15) is 66.9 Å². The Labute approximate surface area is 220 Å². The Morgan fingerprint density at radius 2 is 1.95 bits per heavy atom. The zero-order valence-corrected chi connectivity index (χ0v) is 20.7. The number of primary amides is 1. The molecule has 1 heterocycles. The summed E-state index contributed by atoms with van der Waals surface area (Å²) in [6.45, 7) is -1.41. The molecule has 12 nitrogen and oxygen atoms in total. The lowest BCUT2D eigenvalue weighted by atomic mass is 9.71. The molecule has 0 bridgehead atoms. The van der Waals surface area contributed by atoms with E-state index in [2.05, 4.69) is 9.97 Å². The van der Waals surface area contributed by atoms with Gasteiger partial charge in [0.2, 0.25) is 5.91 Å². The van der Waals surface area contributed by atoms with Crippen molar-refractivity contribution in [3.8, 4) is 5.75 Å². The van der Waals surface area contributed by atoms with E-state index in [9.17, 15) is 44.4 Å². The van der Waals surface area contributed by atoms with Crippen LogP contribution >= 0.6 is 0 Å². The van der Waals surface area contributed by atoms with Crippen LogP contribution in [-0.2, 0) is 22.4 Å². The van der Waals surface area contributed by atoms with Crippen molar-refractivity contribution < 1.29 is 42.5 Å². The van der Waals surface area contributed by atoms with Gasteiger partial charge in [0, 0.05) is 28.4 Å². The van der Waals surface area contributed by atoms with Gasteiger partial charge in [0.25, 0.3) is 5.56 Å². The van der Waals surface area contributed by atoms with Crippen molar-refractivity contribution in [2.24, 2.45) is 17.6 Å². The molecule has 1 amide bonds. The number of phenols is 1. The van der Waals surface area contributed by atoms with Crippen molar-refractivity contribution in [2.75, 3.05) is 13.2 Å². The van der Waals surface area contributed by atoms with Crippen molar-refractivity contribution >= 4 is 23.3 Å². The number of phenolic OH excluding ortho intramolecular Hbond substituents is 1. The average molecular weight is 534 g/mol. The molecule has 1 aromatic heterocycles. The van der Waals surface area contributed by atoms with Gasteiger partial charge in [-0.2, -0.15) is 0 Å². The van der Waals surface area contributed by atoms with Gasteiger partial charge in [0.1, 0.15) is 17.0 Å². The monoisotopic (exact) mass is 533 g/mol. The molecular weight excluding hydrogens is 498 g/mol. The molecule has 0 fully saturated rings. The number of aliphatic hydroxyl groups is 3. The first-order valence-corrected chi connectivity index (χ1v) is 12.2. The largest absolute Gasteiger partial charge is 0.507 e. The number of hydrogen-bond acceptors (Lipinski definition) is 10. The number of ketones is 3. The smallest absolute Gasteiger partial charge is 0.251 e. The Kier molecular flexibility index (Phi) is 9.26. The number of Topliss-reactive ketones (excluding diaryl/α,β-unsaturated/α-hetero) is 3. The summed E-state index contributed by atoms with van der Waals surface area (Å²) < 4.78 is 0. The summed E-state index contributed by atoms with van der Waals surface area (Å²) in [4.78, 5) is 67.1. The highest BCUT2D eigenvalue weighted by Crippen LogP contribution is 2.39. The van der Waals surface area contributed by atoms with Crippen LogP contribution in [0.4, 0.5) is 0 Å². The molecule has 0 spiro atoms. The highest BCUT2D eigenvalue weighted by molar-refractivity contribution is 6.02. The highest BCUT2D eigenvalue weighted by atomic mass is 16.3. The van der Waals surface area contributed by atoms with Gasteiger partial charge < -0.3 is 31.1 Å². The first-order valence-electron chi connectivity index (χ1n) is 12.2. The zero-order chi connectivity index (χ0) is 28.0. The lowest BCUT2D eigenvalue weighted by molar-refractivity contribution is -0.153. The van der Waals surface area contributed by atoms with Gasteiger partial charge in [-0.25, -0.2) is 4.98 Å². The van der Waals surface area contributed by atoms with E-state index in [1.165, 1.54) is 6.07 Å². The van der Waals surface area contributed by atoms with E-state index in [1.807, 2.05) is 0 Å². The van der Waals surface area contributed by atoms with E-state index >= 15 is 0 Å². The molecule has 1 aliphatic carbocycles. The van der Waals surface area contributed by atoms with Crippen LogP contribution in [0.5, 0.6) is 5.75 Å². The number of aryl methyl sites for hydroxylation is 1. The summed E-state index contributed by atoms with van der Waals surface area (Å²) in [6, 6.07) is 4.08. The number of aliphatic hydroxyl groups excluding tert-OH is 2. The number of H-pyrrole nitrogens is 1. The molecule has 12 heteroatoms. The van der Waals surface area contributed by atoms with E-state index < -0.39 is 54.3 Å². The third kappa shape index (κ3) is 6.39. The summed E-state index contributed by atoms with van der Waals surface area (Å²) in [5.41, 5.74) is 3.59. The number of benzene rings is 1. The first kappa shape index (κ1) is 28.8. The van der Waals surface area contributed by atoms with Crippen LogP contribution in [0.25, 0.3) is 0 Å². The number of amides is 1. The van der Waals surface area contributed by atoms with Crippen LogP contribution in [-0.4, -0.2) is 72.5 Å². The Balaban J connectivity index is 0.00000400. The van der Waals surface area contributed by atoms with E-state index in [1.54, 1.807) is 6.07 Å². The third-order valence-electron chi connectivity index (χ3n) is 7.05. The van der Waals surface area contributed by atoms with Gasteiger partial charge in [-0.1, -0.05) is 6.07 Å². The first-order chi connectivity index (χ1) is 18.0. The maximum atomic E-state index is 13.0. The Morgan fingerprint density at radius 1 is 1.21 bits per heavy atom. The minimum absolute atomic E-state index is 0. The van der Waals surface area contributed by atoms with E-state index in [4.69, 9.17) is 5.73 Å². The minimum atomic E-state index is -2.34. The fraction of sp³-hybridized carbons (Fsp3) is 0.462. The van der Waals surface area contributed by atoms with E-state index in [0.29, 0.717) is 11.1 Å². The number of aromatic hydroxyl groups is 1. The Bertz CT molecular complexity index is 1300. The number of nitrogens with two attached hydrogens (primary N) is 1. The SMILES string of the molecule is NC(=O)CC(=O)[C@@](O)(CO)C(CCO)CC1CC(=O)c2c(O)ccc(CCC(=O)c3cc(=O)[nH]cn3)c2C1.[HH].[HH]. The fourth-order valence-electron chi connectivity index (χ4n) is 5.11. The molecule has 208 valence electrons. The normalized spacial score (nSPS) is 17.3. The van der Waals surface area contributed by atoms with E-state index in [0.717, 1.165) is 12.4 Å². The van der Waals surface area contributed by atoms with Crippen LogP contribution in [0, 0.1) is 11.8 Å². The number of fused-ring (bicyclic) bond motifs is 1. The van der Waals surface area contributed by atoms with Gasteiger partial charge in [0.05, 0.1) is 24.9 Å². The van der Waals surface area contributed by atoms with Gasteiger partial charge in [-0.05, 0) is 54.7 Å². The van der Waals surface area contributed by atoms with Crippen molar-refractivity contribution in [1.29, 1.82) is 0 Å². The Morgan fingerprint density at radius 3 is 2.58 bits per heavy atom. The average Bonchev–Trinajstić information content (AvgIpc) is 2.86. The number of nitrogens with one attached hydrogen (secondary N) is 1. The molecule has 0 radical (unpaired) electrons. The molecule has 38 heavy (non-hydrogen) atoms. The zero-order valence-electron chi connectivity index (χ0n) is 20.7. The second-order valence-corrected chi connectivity index (χ2v) is 9.61. The number of carbonyl (C=O) groups excluding carboxylic acids is 4. The molecular formula is C26H35N3O9. The standard InChI is InChI=1S/C26H31N3O9.2H2/c27-23(36)11-22(35)26(38,12-31)16(5-6-30)7-14-8-17-15(2-4-20(33)25(17)21(34)9-14)1-3-19(32)18-10-24(37)29-13-28-18;;/h2,4,10,13-14,16,30-31,33,38H,1,3,5-9,11-12H2,(H2,27,36)(H,28,29,37);2*1H/t14?,16?,26-;;/m1../s1. The fourth-order valence-corrected chi connectivity index (χ4v) is 5.11. The molecule has 2 unspecified atom stereocenters. The highest BCUT2D eigenvalue weighted by Gasteiger charge is 2.44. The summed E-state index contributed by atoms with van der Waals surface area (Å²) in [5.74, 6) is -4.30. The second kappa shape index (κ2) is 12.2. The second-order valence-electron chi connectivity index (χ2n) is 9.61. The van der Waals surface area contributed by atoms with Gasteiger partial charge in [0.15, 0.2) is 17.3 Å². The summed E-state index contributed by atoms with van der Waals surface area (Å²) in [7, 11) is 0. The van der Waals surface area contributed by atoms with Gasteiger partial charge in [-0.3, -0.25) is 24.0 Å². The number of hydrogen-bond donors (Lipinski definition) is 6. The molecule has 0 saturated carbocycles. The van der Waals surface area contributed by atoms with E-state index in [-0.39, 0.29) is 70.0 Å². The van der Waals surface area contributed by atoms with Gasteiger partial charge >= 0.3 is 0 Å². The summed E-state index contributed by atoms with van der Waals surface area (Å²) in [6.07, 6.45) is 0.745. The maximum absolute atomic E-state index is 13.0. The number of aromatic nitrogens is 2. The molecule has 7 N–H and O–H groups in total. The summed E-state index contributed by atoms with van der Waals surface area (Å²) in [5, 5.41) is 40.8. The number of carbonyl (C=O) groups is 4. The van der Waals surface area contributed by atoms with Crippen LogP contribution in [0.2, 0.25) is 0 Å². The molecule has 3 atom stereocenters. The van der Waals surface area contributed by atoms with Crippen LogP contribution < -0.4 is 11.3 Å². The lowest BCUT2D eigenvalue weighted by Gasteiger charge is -2.36. The maximum Gasteiger partial charge on any atom is 0.251 e. The van der Waals surface area contributed by atoms with Crippen molar-refractivity contribution in [1.82, 2.24) is 9.97 Å². The summed E-state index contributed by atoms with van der Waals surface area (Å²) >= 11 is 0. The molecule has 3 rings (SSSR count). The van der Waals surface area contributed by atoms with Crippen molar-refractivity contribution in [2.45, 2.75) is 50.5 Å². The van der Waals surface area contributed by atoms with Crippen LogP contribution in [0.15, 0.2) is 29.3 Å². The quantitative estimate of drug-likeness (QED) is 0.150. The van der Waals surface area contributed by atoms with Crippen molar-refractivity contribution in [3.05, 3.63) is 57.3 Å². The third-order valence-corrected chi connectivity index (χ3v) is 7.05. The Hall–Kier alpha value is -3.74.